The van der Waals surface area contributed by atoms with E-state index < -0.39 is 5.97 Å². The van der Waals surface area contributed by atoms with Gasteiger partial charge in [-0.3, -0.25) is 9.59 Å². The molecule has 3 N–H and O–H groups in total. The second-order valence-corrected chi connectivity index (χ2v) is 6.20. The van der Waals surface area contributed by atoms with Gasteiger partial charge < -0.3 is 15.7 Å². The zero-order valence-electron chi connectivity index (χ0n) is 10.9. The maximum absolute atomic E-state index is 11.4. The summed E-state index contributed by atoms with van der Waals surface area (Å²) in [6.45, 7) is 4.39. The minimum Gasteiger partial charge on any atom is -0.478 e. The van der Waals surface area contributed by atoms with E-state index >= 15 is 0 Å². The van der Waals surface area contributed by atoms with Gasteiger partial charge in [0.15, 0.2) is 0 Å². The fourth-order valence-electron chi connectivity index (χ4n) is 1.64. The fourth-order valence-corrected chi connectivity index (χ4v) is 4.23. The van der Waals surface area contributed by atoms with Crippen molar-refractivity contribution < 1.29 is 19.5 Å². The van der Waals surface area contributed by atoms with E-state index in [0.29, 0.717) is 24.1 Å². The van der Waals surface area contributed by atoms with Gasteiger partial charge in [-0.1, -0.05) is 0 Å². The third-order valence-electron chi connectivity index (χ3n) is 2.44. The molecule has 0 spiro atoms. The predicted molar refractivity (Wildman–Crippen MR) is 92.2 cm³/mol. The number of hydrogen-bond acceptors (Lipinski definition) is 3. The van der Waals surface area contributed by atoms with Gasteiger partial charge in [0.25, 0.3) is 0 Å². The first-order chi connectivity index (χ1) is 9.16. The van der Waals surface area contributed by atoms with Crippen molar-refractivity contribution in [2.24, 2.45) is 0 Å². The van der Waals surface area contributed by atoms with Crippen molar-refractivity contribution in [3.05, 3.63) is 18.3 Å². The Morgan fingerprint density at radius 1 is 0.950 bits per heavy atom. The van der Waals surface area contributed by atoms with Crippen LogP contribution < -0.4 is 10.6 Å². The van der Waals surface area contributed by atoms with E-state index in [1.807, 2.05) is 45.2 Å². The maximum atomic E-state index is 11.4. The third-order valence-corrected chi connectivity index (χ3v) is 4.60. The molecule has 0 aliphatic rings. The van der Waals surface area contributed by atoms with Crippen LogP contribution in [-0.2, 0) is 9.59 Å². The Morgan fingerprint density at radius 2 is 1.30 bits per heavy atom. The van der Waals surface area contributed by atoms with Crippen molar-refractivity contribution in [2.45, 2.75) is 20.8 Å². The quantitative estimate of drug-likeness (QED) is 0.555. The first kappa shape index (κ1) is 17.1. The summed E-state index contributed by atoms with van der Waals surface area (Å²) in [4.78, 5) is 33.9. The lowest BCUT2D eigenvalue weighted by molar-refractivity contribution is -0.115. The summed E-state index contributed by atoms with van der Waals surface area (Å²) in [5.41, 5.74) is 1.48. The van der Waals surface area contributed by atoms with E-state index in [9.17, 15) is 19.5 Å². The molecule has 0 saturated carbocycles. The number of benzene rings is 1. The number of hydrogen-bond donors (Lipinski definition) is 3. The highest BCUT2D eigenvalue weighted by Gasteiger charge is 2.24. The second kappa shape index (κ2) is 6.70. The second-order valence-electron chi connectivity index (χ2n) is 4.05. The summed E-state index contributed by atoms with van der Waals surface area (Å²) >= 11 is 3.76. The highest BCUT2D eigenvalue weighted by atomic mass is 127. The Bertz CT molecular complexity index is 571. The molecule has 0 fully saturated rings. The molecular formula is C12H12I2N2O4. The summed E-state index contributed by atoms with van der Waals surface area (Å²) in [5.74, 6) is -1.73. The number of halogens is 2. The molecule has 0 radical (unpaired) electrons. The lowest BCUT2D eigenvalue weighted by Gasteiger charge is -2.18. The Balaban J connectivity index is 3.68. The highest BCUT2D eigenvalue weighted by molar-refractivity contribution is 14.1. The molecule has 108 valence electrons. The van der Waals surface area contributed by atoms with Gasteiger partial charge in [0.05, 0.1) is 24.1 Å². The van der Waals surface area contributed by atoms with E-state index in [4.69, 9.17) is 0 Å². The van der Waals surface area contributed by atoms with Crippen LogP contribution in [0, 0.1) is 14.1 Å². The topological polar surface area (TPSA) is 95.5 Å². The van der Waals surface area contributed by atoms with Crippen molar-refractivity contribution in [3.8, 4) is 0 Å². The number of carbonyl (C=O) groups excluding carboxylic acids is 2. The lowest BCUT2D eigenvalue weighted by Crippen LogP contribution is -2.17. The highest BCUT2D eigenvalue weighted by Crippen LogP contribution is 2.37. The predicted octanol–water partition coefficient (Wildman–Crippen LogP) is 2.82. The lowest BCUT2D eigenvalue weighted by atomic mass is 10.1. The molecule has 0 aromatic heterocycles. The molecule has 2 amide bonds. The normalized spacial score (nSPS) is 10.1. The van der Waals surface area contributed by atoms with Crippen molar-refractivity contribution in [1.82, 2.24) is 0 Å². The van der Waals surface area contributed by atoms with E-state index in [0.717, 1.165) is 0 Å². The van der Waals surface area contributed by atoms with Crippen LogP contribution in [0.4, 0.5) is 11.4 Å². The zero-order valence-corrected chi connectivity index (χ0v) is 15.2. The molecule has 0 unspecified atom stereocenters. The molecule has 0 atom stereocenters. The average molecular weight is 502 g/mol. The summed E-state index contributed by atoms with van der Waals surface area (Å²) in [5, 5.41) is 14.5. The zero-order chi connectivity index (χ0) is 15.6. The van der Waals surface area contributed by atoms with Crippen LogP contribution in [0.2, 0.25) is 0 Å². The number of rotatable bonds is 3. The molecule has 8 heteroatoms. The number of carboxylic acids is 1. The van der Waals surface area contributed by atoms with Crippen molar-refractivity contribution in [1.29, 1.82) is 0 Å². The number of aromatic carboxylic acids is 1. The summed E-state index contributed by atoms with van der Waals surface area (Å²) < 4.78 is 0.864. The fraction of sp³-hybridized carbons (Fsp3) is 0.250. The third kappa shape index (κ3) is 3.59. The molecule has 1 rings (SSSR count). The smallest absolute Gasteiger partial charge is 0.338 e. The maximum Gasteiger partial charge on any atom is 0.338 e. The molecule has 6 nitrogen and oxygen atoms in total. The van der Waals surface area contributed by atoms with Crippen molar-refractivity contribution >= 4 is 74.3 Å². The van der Waals surface area contributed by atoms with Gasteiger partial charge in [-0.15, -0.1) is 0 Å². The number of carbonyl (C=O) groups is 3. The van der Waals surface area contributed by atoms with Crippen LogP contribution in [-0.4, -0.2) is 22.9 Å². The molecular weight excluding hydrogens is 490 g/mol. The van der Waals surface area contributed by atoms with Gasteiger partial charge in [0.1, 0.15) is 0 Å². The Hall–Kier alpha value is -0.910. The minimum atomic E-state index is -1.11. The van der Waals surface area contributed by atoms with Crippen molar-refractivity contribution in [3.63, 3.8) is 0 Å². The summed E-state index contributed by atoms with van der Waals surface area (Å²) in [7, 11) is 0. The van der Waals surface area contributed by atoms with Gasteiger partial charge >= 0.3 is 5.97 Å². The van der Waals surface area contributed by atoms with Crippen LogP contribution in [0.3, 0.4) is 0 Å². The Labute approximate surface area is 143 Å². The van der Waals surface area contributed by atoms with E-state index in [1.165, 1.54) is 13.8 Å². The summed E-state index contributed by atoms with van der Waals surface area (Å²) in [6, 6.07) is 0. The Kier molecular flexibility index (Phi) is 5.74. The SMILES string of the molecule is CC(=O)Nc1c(C)c(NC(C)=O)c(I)c(C(=O)O)c1I. The average Bonchev–Trinajstić information content (AvgIpc) is 2.29. The molecule has 1 aromatic rings. The molecule has 0 saturated heterocycles. The molecule has 0 heterocycles. The van der Waals surface area contributed by atoms with Gasteiger partial charge in [-0.25, -0.2) is 4.79 Å². The molecule has 0 bridgehead atoms. The molecule has 20 heavy (non-hydrogen) atoms. The van der Waals surface area contributed by atoms with Gasteiger partial charge in [-0.05, 0) is 57.7 Å². The van der Waals surface area contributed by atoms with Gasteiger partial charge in [-0.2, -0.15) is 0 Å². The Morgan fingerprint density at radius 3 is 1.55 bits per heavy atom. The van der Waals surface area contributed by atoms with E-state index in [-0.39, 0.29) is 17.4 Å². The van der Waals surface area contributed by atoms with Gasteiger partial charge in [0, 0.05) is 13.8 Å². The first-order valence-corrected chi connectivity index (χ1v) is 7.62. The molecule has 0 aliphatic heterocycles. The molecule has 0 aliphatic carbocycles. The number of nitrogens with one attached hydrogen (secondary N) is 2. The van der Waals surface area contributed by atoms with Crippen LogP contribution in [0.5, 0.6) is 0 Å². The largest absolute Gasteiger partial charge is 0.478 e. The first-order valence-electron chi connectivity index (χ1n) is 5.46. The van der Waals surface area contributed by atoms with E-state index in [1.54, 1.807) is 6.92 Å². The van der Waals surface area contributed by atoms with Crippen LogP contribution in [0.1, 0.15) is 29.8 Å². The molecule has 1 aromatic carbocycles. The van der Waals surface area contributed by atoms with Crippen molar-refractivity contribution in [2.75, 3.05) is 10.6 Å². The van der Waals surface area contributed by atoms with E-state index in [2.05, 4.69) is 10.6 Å². The number of carboxylic acid groups (broad SMARTS) is 1. The standard InChI is InChI=1S/C12H12I2N2O4/c1-4-10(15-5(2)17)8(13)7(12(19)20)9(14)11(4)16-6(3)18/h1-3H3,(H,15,17)(H,16,18)(H,19,20). The number of anilines is 2. The summed E-state index contributed by atoms with van der Waals surface area (Å²) in [6.07, 6.45) is 0. The monoisotopic (exact) mass is 502 g/mol. The van der Waals surface area contributed by atoms with Crippen LogP contribution in [0.25, 0.3) is 0 Å². The van der Waals surface area contributed by atoms with Crippen LogP contribution >= 0.6 is 45.2 Å². The number of amides is 2. The van der Waals surface area contributed by atoms with Crippen LogP contribution in [0.15, 0.2) is 0 Å². The minimum absolute atomic E-state index is 0.0595. The van der Waals surface area contributed by atoms with Gasteiger partial charge in [0.2, 0.25) is 11.8 Å².